The lowest BCUT2D eigenvalue weighted by Crippen LogP contribution is -2.34. The molecule has 0 aliphatic carbocycles. The first kappa shape index (κ1) is 13.1. The highest BCUT2D eigenvalue weighted by atomic mass is 16.5. The van der Waals surface area contributed by atoms with Gasteiger partial charge >= 0.3 is 0 Å². The number of hydrogen-bond acceptors (Lipinski definition) is 6. The van der Waals surface area contributed by atoms with E-state index < -0.39 is 12.0 Å². The molecule has 0 saturated heterocycles. The molecular formula is C9H14N4O4. The van der Waals surface area contributed by atoms with Gasteiger partial charge in [-0.15, -0.1) is 0 Å². The molecule has 1 heterocycles. The summed E-state index contributed by atoms with van der Waals surface area (Å²) in [7, 11) is 0. The topological polar surface area (TPSA) is 120 Å². The van der Waals surface area contributed by atoms with Crippen LogP contribution in [0.4, 0.5) is 0 Å². The van der Waals surface area contributed by atoms with Crippen molar-refractivity contribution in [3.05, 3.63) is 11.7 Å². The standard InChI is InChI=1S/C9H14N4O4/c1-3-16-5(2)9(15)11-4-6-12-8(7(10)14)13-17-6/h5H,3-4H2,1-2H3,(H2,10,14)(H,11,15)/t5-/m0/s1. The van der Waals surface area contributed by atoms with Gasteiger partial charge < -0.3 is 20.3 Å². The molecule has 1 aromatic rings. The molecule has 3 N–H and O–H groups in total. The Labute approximate surface area is 97.5 Å². The van der Waals surface area contributed by atoms with Gasteiger partial charge in [0, 0.05) is 6.61 Å². The van der Waals surface area contributed by atoms with Gasteiger partial charge in [0.15, 0.2) is 0 Å². The minimum Gasteiger partial charge on any atom is -0.369 e. The quantitative estimate of drug-likeness (QED) is 0.674. The smallest absolute Gasteiger partial charge is 0.290 e. The van der Waals surface area contributed by atoms with E-state index in [0.29, 0.717) is 6.61 Å². The number of hydrogen-bond donors (Lipinski definition) is 2. The van der Waals surface area contributed by atoms with Gasteiger partial charge in [0.25, 0.3) is 11.7 Å². The number of rotatable bonds is 6. The van der Waals surface area contributed by atoms with Gasteiger partial charge in [0.1, 0.15) is 6.10 Å². The van der Waals surface area contributed by atoms with Crippen LogP contribution >= 0.6 is 0 Å². The van der Waals surface area contributed by atoms with Crippen LogP contribution in [0.25, 0.3) is 0 Å². The Morgan fingerprint density at radius 1 is 1.59 bits per heavy atom. The van der Waals surface area contributed by atoms with Crippen LogP contribution in [0.1, 0.15) is 30.4 Å². The first-order chi connectivity index (χ1) is 8.04. The molecule has 1 aromatic heterocycles. The second-order valence-corrected chi connectivity index (χ2v) is 3.19. The lowest BCUT2D eigenvalue weighted by Gasteiger charge is -2.10. The maximum Gasteiger partial charge on any atom is 0.290 e. The molecule has 17 heavy (non-hydrogen) atoms. The summed E-state index contributed by atoms with van der Waals surface area (Å²) in [4.78, 5) is 25.8. The van der Waals surface area contributed by atoms with Crippen molar-refractivity contribution in [1.82, 2.24) is 15.5 Å². The molecule has 0 radical (unpaired) electrons. The van der Waals surface area contributed by atoms with Crippen molar-refractivity contribution in [2.75, 3.05) is 6.61 Å². The molecule has 0 aromatic carbocycles. The first-order valence-corrected chi connectivity index (χ1v) is 5.06. The van der Waals surface area contributed by atoms with E-state index in [1.807, 2.05) is 0 Å². The molecule has 1 rings (SSSR count). The Morgan fingerprint density at radius 2 is 2.29 bits per heavy atom. The Kier molecular flexibility index (Phi) is 4.58. The van der Waals surface area contributed by atoms with Gasteiger partial charge in [-0.3, -0.25) is 9.59 Å². The number of nitrogens with one attached hydrogen (secondary N) is 1. The van der Waals surface area contributed by atoms with Crippen molar-refractivity contribution >= 4 is 11.8 Å². The van der Waals surface area contributed by atoms with E-state index >= 15 is 0 Å². The summed E-state index contributed by atoms with van der Waals surface area (Å²) in [6.45, 7) is 3.89. The normalized spacial score (nSPS) is 12.1. The highest BCUT2D eigenvalue weighted by Gasteiger charge is 2.15. The number of carbonyl (C=O) groups is 2. The molecule has 94 valence electrons. The Bertz CT molecular complexity index is 403. The molecule has 2 amide bonds. The maximum absolute atomic E-state index is 11.4. The van der Waals surface area contributed by atoms with Gasteiger partial charge in [-0.2, -0.15) is 4.98 Å². The Hall–Kier alpha value is -1.96. The second-order valence-electron chi connectivity index (χ2n) is 3.19. The van der Waals surface area contributed by atoms with Crippen molar-refractivity contribution in [2.45, 2.75) is 26.5 Å². The maximum atomic E-state index is 11.4. The zero-order valence-electron chi connectivity index (χ0n) is 9.60. The van der Waals surface area contributed by atoms with E-state index in [1.165, 1.54) is 0 Å². The van der Waals surface area contributed by atoms with Crippen LogP contribution in [0.15, 0.2) is 4.52 Å². The van der Waals surface area contributed by atoms with Crippen molar-refractivity contribution in [3.8, 4) is 0 Å². The molecule has 0 bridgehead atoms. The number of nitrogens with two attached hydrogens (primary N) is 1. The van der Waals surface area contributed by atoms with Crippen LogP contribution in [0.5, 0.6) is 0 Å². The van der Waals surface area contributed by atoms with Gasteiger partial charge in [0.05, 0.1) is 6.54 Å². The highest BCUT2D eigenvalue weighted by Crippen LogP contribution is 1.97. The Balaban J connectivity index is 2.44. The summed E-state index contributed by atoms with van der Waals surface area (Å²) in [5, 5.41) is 5.86. The molecular weight excluding hydrogens is 228 g/mol. The van der Waals surface area contributed by atoms with Crippen LogP contribution in [0.2, 0.25) is 0 Å². The number of nitrogens with zero attached hydrogens (tertiary/aromatic N) is 2. The van der Waals surface area contributed by atoms with Gasteiger partial charge in [-0.1, -0.05) is 5.16 Å². The highest BCUT2D eigenvalue weighted by molar-refractivity contribution is 5.88. The lowest BCUT2D eigenvalue weighted by atomic mass is 10.4. The molecule has 0 spiro atoms. The van der Waals surface area contributed by atoms with E-state index in [1.54, 1.807) is 13.8 Å². The number of aromatic nitrogens is 2. The van der Waals surface area contributed by atoms with Crippen LogP contribution < -0.4 is 11.1 Å². The third kappa shape index (κ3) is 3.83. The van der Waals surface area contributed by atoms with Crippen LogP contribution in [-0.2, 0) is 16.1 Å². The molecule has 0 saturated carbocycles. The average Bonchev–Trinajstić information content (AvgIpc) is 2.75. The van der Waals surface area contributed by atoms with Crippen molar-refractivity contribution in [1.29, 1.82) is 0 Å². The number of carbonyl (C=O) groups excluding carboxylic acids is 2. The number of primary amides is 1. The largest absolute Gasteiger partial charge is 0.369 e. The molecule has 8 heteroatoms. The predicted molar refractivity (Wildman–Crippen MR) is 55.8 cm³/mol. The zero-order valence-corrected chi connectivity index (χ0v) is 9.60. The minimum atomic E-state index is -0.783. The van der Waals surface area contributed by atoms with Crippen molar-refractivity contribution in [3.63, 3.8) is 0 Å². The summed E-state index contributed by atoms with van der Waals surface area (Å²) < 4.78 is 9.78. The second kappa shape index (κ2) is 5.94. The summed E-state index contributed by atoms with van der Waals surface area (Å²) >= 11 is 0. The first-order valence-electron chi connectivity index (χ1n) is 5.06. The summed E-state index contributed by atoms with van der Waals surface area (Å²) in [6, 6.07) is 0. The SMILES string of the molecule is CCO[C@@H](C)C(=O)NCc1nc(C(N)=O)no1. The van der Waals surface area contributed by atoms with E-state index in [0.717, 1.165) is 0 Å². The van der Waals surface area contributed by atoms with Crippen molar-refractivity contribution in [2.24, 2.45) is 5.73 Å². The minimum absolute atomic E-state index is 0.0243. The molecule has 0 aliphatic heterocycles. The molecule has 1 atom stereocenters. The third-order valence-electron chi connectivity index (χ3n) is 1.89. The average molecular weight is 242 g/mol. The fourth-order valence-corrected chi connectivity index (χ4v) is 1.06. The number of amides is 2. The summed E-state index contributed by atoms with van der Waals surface area (Å²) in [5.74, 6) is -1.19. The molecule has 8 nitrogen and oxygen atoms in total. The van der Waals surface area contributed by atoms with Gasteiger partial charge in [0.2, 0.25) is 11.8 Å². The van der Waals surface area contributed by atoms with Crippen LogP contribution in [0, 0.1) is 0 Å². The predicted octanol–water partition coefficient (Wildman–Crippen LogP) is -0.790. The summed E-state index contributed by atoms with van der Waals surface area (Å²) in [6.07, 6.45) is -0.557. The molecule has 0 fully saturated rings. The number of ether oxygens (including phenoxy) is 1. The van der Waals surface area contributed by atoms with E-state index in [4.69, 9.17) is 15.0 Å². The van der Waals surface area contributed by atoms with Gasteiger partial charge in [-0.25, -0.2) is 0 Å². The third-order valence-corrected chi connectivity index (χ3v) is 1.89. The van der Waals surface area contributed by atoms with Crippen LogP contribution in [-0.4, -0.2) is 34.7 Å². The zero-order chi connectivity index (χ0) is 12.8. The fraction of sp³-hybridized carbons (Fsp3) is 0.556. The molecule has 0 unspecified atom stereocenters. The summed E-state index contributed by atoms with van der Waals surface area (Å²) in [5.41, 5.74) is 4.94. The molecule has 0 aliphatic rings. The fourth-order valence-electron chi connectivity index (χ4n) is 1.06. The van der Waals surface area contributed by atoms with E-state index in [2.05, 4.69) is 15.5 Å². The van der Waals surface area contributed by atoms with E-state index in [-0.39, 0.29) is 24.2 Å². The van der Waals surface area contributed by atoms with E-state index in [9.17, 15) is 9.59 Å². The monoisotopic (exact) mass is 242 g/mol. The van der Waals surface area contributed by atoms with Crippen molar-refractivity contribution < 1.29 is 18.8 Å². The van der Waals surface area contributed by atoms with Crippen LogP contribution in [0.3, 0.4) is 0 Å². The lowest BCUT2D eigenvalue weighted by molar-refractivity contribution is -0.131. The van der Waals surface area contributed by atoms with Gasteiger partial charge in [-0.05, 0) is 13.8 Å². The Morgan fingerprint density at radius 3 is 2.82 bits per heavy atom.